The van der Waals surface area contributed by atoms with Crippen LogP contribution in [0.25, 0.3) is 11.0 Å². The van der Waals surface area contributed by atoms with Gasteiger partial charge in [-0.05, 0) is 24.3 Å². The molecule has 2 aromatic heterocycles. The number of aryl methyl sites for hydroxylation is 1. The Morgan fingerprint density at radius 1 is 1.25 bits per heavy atom. The number of pyridine rings is 1. The van der Waals surface area contributed by atoms with Crippen molar-refractivity contribution in [2.45, 2.75) is 39.0 Å². The Labute approximate surface area is 120 Å². The Hall–Kier alpha value is -1.58. The van der Waals surface area contributed by atoms with Crippen LogP contribution in [0.5, 0.6) is 0 Å². The lowest BCUT2D eigenvalue weighted by atomic mass is 9.81. The molecule has 0 amide bonds. The topological polar surface area (TPSA) is 42.7 Å². The van der Waals surface area contributed by atoms with Crippen molar-refractivity contribution in [2.24, 2.45) is 18.9 Å². The molecule has 1 aliphatic carbocycles. The molecule has 108 valence electrons. The third-order valence-electron chi connectivity index (χ3n) is 4.62. The lowest BCUT2D eigenvalue weighted by Crippen LogP contribution is -2.16. The minimum absolute atomic E-state index is 0.890. The molecular weight excluding hydrogens is 248 g/mol. The van der Waals surface area contributed by atoms with E-state index < -0.39 is 0 Å². The number of anilines is 1. The largest absolute Gasteiger partial charge is 0.368 e. The van der Waals surface area contributed by atoms with Gasteiger partial charge in [0.05, 0.1) is 11.8 Å². The maximum atomic E-state index is 4.43. The average molecular weight is 272 g/mol. The minimum Gasteiger partial charge on any atom is -0.368 e. The number of imidazole rings is 1. The van der Waals surface area contributed by atoms with Gasteiger partial charge in [-0.25, -0.2) is 9.97 Å². The Morgan fingerprint density at radius 2 is 2.05 bits per heavy atom. The summed E-state index contributed by atoms with van der Waals surface area (Å²) in [6, 6.07) is 2.01. The monoisotopic (exact) mass is 272 g/mol. The molecule has 0 aliphatic heterocycles. The van der Waals surface area contributed by atoms with Crippen molar-refractivity contribution in [3.63, 3.8) is 0 Å². The summed E-state index contributed by atoms with van der Waals surface area (Å²) in [6.45, 7) is 3.38. The molecule has 0 saturated heterocycles. The lowest BCUT2D eigenvalue weighted by molar-refractivity contribution is 0.282. The number of rotatable bonds is 4. The molecule has 0 spiro atoms. The fourth-order valence-corrected chi connectivity index (χ4v) is 3.20. The van der Waals surface area contributed by atoms with E-state index in [2.05, 4.69) is 22.2 Å². The van der Waals surface area contributed by atoms with E-state index in [1.165, 1.54) is 32.1 Å². The second-order valence-electron chi connectivity index (χ2n) is 6.22. The molecular formula is C16H24N4. The van der Waals surface area contributed by atoms with E-state index >= 15 is 0 Å². The van der Waals surface area contributed by atoms with Crippen LogP contribution >= 0.6 is 0 Å². The molecule has 0 bridgehead atoms. The molecule has 4 nitrogen and oxygen atoms in total. The van der Waals surface area contributed by atoms with Gasteiger partial charge in [0.1, 0.15) is 5.52 Å². The van der Waals surface area contributed by atoms with Crippen LogP contribution in [0, 0.1) is 11.8 Å². The number of hydrogen-bond donors (Lipinski definition) is 1. The van der Waals surface area contributed by atoms with Crippen molar-refractivity contribution in [3.8, 4) is 0 Å². The number of hydrogen-bond acceptors (Lipinski definition) is 3. The summed E-state index contributed by atoms with van der Waals surface area (Å²) in [6.07, 6.45) is 10.5. The third-order valence-corrected chi connectivity index (χ3v) is 4.62. The van der Waals surface area contributed by atoms with Crippen LogP contribution in [0.1, 0.15) is 39.0 Å². The smallest absolute Gasteiger partial charge is 0.154 e. The first-order chi connectivity index (χ1) is 9.74. The van der Waals surface area contributed by atoms with Gasteiger partial charge in [-0.15, -0.1) is 0 Å². The standard InChI is InChI=1S/C16H24N4/c1-12-3-5-13(6-4-12)7-9-17-16-15-14(8-10-18-16)20(2)11-19-15/h8,10-13H,3-7,9H2,1-2H3,(H,17,18). The first kappa shape index (κ1) is 13.4. The summed E-state index contributed by atoms with van der Waals surface area (Å²) in [5.74, 6) is 2.75. The van der Waals surface area contributed by atoms with Crippen molar-refractivity contribution in [1.82, 2.24) is 14.5 Å². The number of nitrogens with zero attached hydrogens (tertiary/aromatic N) is 3. The molecule has 0 aromatic carbocycles. The summed E-state index contributed by atoms with van der Waals surface area (Å²) in [5, 5.41) is 3.47. The molecule has 3 rings (SSSR count). The molecule has 0 unspecified atom stereocenters. The SMILES string of the molecule is CC1CCC(CCNc2nccc3c2ncn3C)CC1. The Kier molecular flexibility index (Phi) is 3.90. The van der Waals surface area contributed by atoms with Crippen LogP contribution < -0.4 is 5.32 Å². The van der Waals surface area contributed by atoms with E-state index in [4.69, 9.17) is 0 Å². The van der Waals surface area contributed by atoms with E-state index in [0.29, 0.717) is 0 Å². The van der Waals surface area contributed by atoms with Gasteiger partial charge in [0, 0.05) is 19.8 Å². The molecule has 2 heterocycles. The number of nitrogens with one attached hydrogen (secondary N) is 1. The zero-order valence-electron chi connectivity index (χ0n) is 12.5. The zero-order chi connectivity index (χ0) is 13.9. The predicted molar refractivity (Wildman–Crippen MR) is 82.7 cm³/mol. The molecule has 4 heteroatoms. The van der Waals surface area contributed by atoms with Gasteiger partial charge in [0.15, 0.2) is 5.82 Å². The predicted octanol–water partition coefficient (Wildman–Crippen LogP) is 3.60. The second kappa shape index (κ2) is 5.81. The highest BCUT2D eigenvalue weighted by atomic mass is 15.1. The lowest BCUT2D eigenvalue weighted by Gasteiger charge is -2.26. The Bertz CT molecular complexity index is 567. The van der Waals surface area contributed by atoms with E-state index in [1.54, 1.807) is 0 Å². The third kappa shape index (κ3) is 2.79. The maximum Gasteiger partial charge on any atom is 0.154 e. The Morgan fingerprint density at radius 3 is 2.85 bits per heavy atom. The van der Waals surface area contributed by atoms with E-state index in [1.807, 2.05) is 30.2 Å². The van der Waals surface area contributed by atoms with E-state index in [-0.39, 0.29) is 0 Å². The minimum atomic E-state index is 0.890. The van der Waals surface area contributed by atoms with Crippen molar-refractivity contribution in [2.75, 3.05) is 11.9 Å². The van der Waals surface area contributed by atoms with Gasteiger partial charge >= 0.3 is 0 Å². The molecule has 1 aliphatic rings. The van der Waals surface area contributed by atoms with Crippen molar-refractivity contribution < 1.29 is 0 Å². The van der Waals surface area contributed by atoms with Crippen LogP contribution in [-0.4, -0.2) is 21.1 Å². The fourth-order valence-electron chi connectivity index (χ4n) is 3.20. The van der Waals surface area contributed by atoms with Crippen molar-refractivity contribution in [3.05, 3.63) is 18.6 Å². The van der Waals surface area contributed by atoms with Crippen molar-refractivity contribution in [1.29, 1.82) is 0 Å². The van der Waals surface area contributed by atoms with Gasteiger partial charge in [-0.2, -0.15) is 0 Å². The summed E-state index contributed by atoms with van der Waals surface area (Å²) in [5.41, 5.74) is 2.11. The summed E-state index contributed by atoms with van der Waals surface area (Å²) >= 11 is 0. The zero-order valence-corrected chi connectivity index (χ0v) is 12.5. The maximum absolute atomic E-state index is 4.43. The van der Waals surface area contributed by atoms with E-state index in [9.17, 15) is 0 Å². The molecule has 1 fully saturated rings. The number of aromatic nitrogens is 3. The van der Waals surface area contributed by atoms with Gasteiger partial charge in [0.2, 0.25) is 0 Å². The Balaban J connectivity index is 1.57. The first-order valence-electron chi connectivity index (χ1n) is 7.74. The van der Waals surface area contributed by atoms with Crippen LogP contribution in [-0.2, 0) is 7.05 Å². The molecule has 0 radical (unpaired) electrons. The fraction of sp³-hybridized carbons (Fsp3) is 0.625. The van der Waals surface area contributed by atoms with E-state index in [0.717, 1.165) is 35.2 Å². The summed E-state index contributed by atoms with van der Waals surface area (Å²) in [4.78, 5) is 8.86. The highest BCUT2D eigenvalue weighted by Crippen LogP contribution is 2.30. The highest BCUT2D eigenvalue weighted by Gasteiger charge is 2.17. The van der Waals surface area contributed by atoms with Crippen LogP contribution in [0.15, 0.2) is 18.6 Å². The van der Waals surface area contributed by atoms with Crippen LogP contribution in [0.3, 0.4) is 0 Å². The van der Waals surface area contributed by atoms with Crippen LogP contribution in [0.2, 0.25) is 0 Å². The molecule has 2 aromatic rings. The van der Waals surface area contributed by atoms with Crippen molar-refractivity contribution >= 4 is 16.9 Å². The normalized spacial score (nSPS) is 23.1. The first-order valence-corrected chi connectivity index (χ1v) is 7.74. The summed E-state index contributed by atoms with van der Waals surface area (Å²) in [7, 11) is 2.02. The van der Waals surface area contributed by atoms with Gasteiger partial charge in [-0.1, -0.05) is 32.6 Å². The van der Waals surface area contributed by atoms with Gasteiger partial charge in [-0.3, -0.25) is 0 Å². The molecule has 1 saturated carbocycles. The average Bonchev–Trinajstić information content (AvgIpc) is 2.84. The summed E-state index contributed by atoms with van der Waals surface area (Å²) < 4.78 is 2.03. The number of fused-ring (bicyclic) bond motifs is 1. The molecule has 20 heavy (non-hydrogen) atoms. The second-order valence-corrected chi connectivity index (χ2v) is 6.22. The molecule has 1 N–H and O–H groups in total. The highest BCUT2D eigenvalue weighted by molar-refractivity contribution is 5.85. The molecule has 0 atom stereocenters. The van der Waals surface area contributed by atoms with Gasteiger partial charge in [0.25, 0.3) is 0 Å². The van der Waals surface area contributed by atoms with Gasteiger partial charge < -0.3 is 9.88 Å². The quantitative estimate of drug-likeness (QED) is 0.924. The van der Waals surface area contributed by atoms with Crippen LogP contribution in [0.4, 0.5) is 5.82 Å².